The summed E-state index contributed by atoms with van der Waals surface area (Å²) in [6, 6.07) is 0.00182. The first kappa shape index (κ1) is 13.6. The van der Waals surface area contributed by atoms with Gasteiger partial charge in [0.1, 0.15) is 17.0 Å². The van der Waals surface area contributed by atoms with Crippen LogP contribution >= 0.6 is 22.9 Å². The Morgan fingerprint density at radius 2 is 2.21 bits per heavy atom. The molecule has 0 spiro atoms. The lowest BCUT2D eigenvalue weighted by Crippen LogP contribution is -2.16. The van der Waals surface area contributed by atoms with Crippen molar-refractivity contribution in [1.29, 1.82) is 0 Å². The van der Waals surface area contributed by atoms with Crippen LogP contribution < -0.4 is 14.2 Å². The van der Waals surface area contributed by atoms with E-state index in [2.05, 4.69) is 9.88 Å². The highest BCUT2D eigenvalue weighted by Gasteiger charge is 2.27. The number of benzene rings is 1. The number of nitrogens with zero attached hydrogens (tertiary/aromatic N) is 1. The number of fused-ring (bicyclic) bond motifs is 1. The standard InChI is InChI=1S/C18H15ClN2O6S2/c1-9-5-13-14(26-8-25-13)7-11(9)6-12(22)17-15(3-4-28-17)29(23,24)21-18-16(19)10(2)20-27-18/h3-5,7,21H,6,8H2,1-2H3/i1D3,5D,7D,8D. The summed E-state index contributed by atoms with van der Waals surface area (Å²) < 4.78 is 90.5. The van der Waals surface area contributed by atoms with Crippen LogP contribution in [0.2, 0.25) is 5.02 Å². The molecule has 1 aliphatic heterocycles. The van der Waals surface area contributed by atoms with Crippen molar-refractivity contribution in [1.82, 2.24) is 5.16 Å². The van der Waals surface area contributed by atoms with Crippen LogP contribution in [0.25, 0.3) is 0 Å². The molecule has 0 saturated heterocycles. The molecule has 0 amide bonds. The van der Waals surface area contributed by atoms with Gasteiger partial charge in [-0.15, -0.1) is 11.3 Å². The number of halogens is 1. The van der Waals surface area contributed by atoms with E-state index in [-0.39, 0.29) is 38.5 Å². The Bertz CT molecular complexity index is 1450. The van der Waals surface area contributed by atoms with Crippen molar-refractivity contribution in [2.75, 3.05) is 11.5 Å². The first-order valence-corrected chi connectivity index (χ1v) is 10.6. The normalized spacial score (nSPS) is 18.9. The summed E-state index contributed by atoms with van der Waals surface area (Å²) in [5, 5.41) is 4.84. The predicted molar refractivity (Wildman–Crippen MR) is 107 cm³/mol. The summed E-state index contributed by atoms with van der Waals surface area (Å²) in [5.74, 6) is -1.87. The minimum absolute atomic E-state index is 0.0612. The van der Waals surface area contributed by atoms with Crippen LogP contribution in [0.15, 0.2) is 32.9 Å². The minimum Gasteiger partial charge on any atom is -0.454 e. The van der Waals surface area contributed by atoms with Gasteiger partial charge in [0.25, 0.3) is 15.9 Å². The third-order valence-corrected chi connectivity index (χ3v) is 6.77. The van der Waals surface area contributed by atoms with Crippen molar-refractivity contribution in [3.8, 4) is 11.5 Å². The van der Waals surface area contributed by atoms with Gasteiger partial charge in [0.15, 0.2) is 17.3 Å². The maximum atomic E-state index is 13.2. The lowest BCUT2D eigenvalue weighted by molar-refractivity contribution is 0.0994. The Morgan fingerprint density at radius 3 is 2.90 bits per heavy atom. The number of hydrogen-bond donors (Lipinski definition) is 1. The van der Waals surface area contributed by atoms with Crippen LogP contribution in [-0.2, 0) is 16.4 Å². The SMILES string of the molecule is [2H]c1c(CC(=O)c2sccc2S(=O)(=O)Nc2onc(C)c2Cl)c(C([2H])([2H])[2H])c([2H])c2c1OC([2H])O2. The Balaban J connectivity index is 1.74. The summed E-state index contributed by atoms with van der Waals surface area (Å²) in [6.45, 7) is -3.01. The van der Waals surface area contributed by atoms with Crippen molar-refractivity contribution in [3.63, 3.8) is 0 Å². The number of hydrogen-bond acceptors (Lipinski definition) is 8. The summed E-state index contributed by atoms with van der Waals surface area (Å²) in [4.78, 5) is 12.5. The highest BCUT2D eigenvalue weighted by Crippen LogP contribution is 2.36. The number of aromatic nitrogens is 1. The number of aryl methyl sites for hydroxylation is 1. The van der Waals surface area contributed by atoms with Crippen LogP contribution in [0.1, 0.15) is 34.7 Å². The maximum absolute atomic E-state index is 13.2. The molecule has 0 saturated carbocycles. The van der Waals surface area contributed by atoms with E-state index in [1.165, 1.54) is 18.4 Å². The van der Waals surface area contributed by atoms with Crippen molar-refractivity contribution >= 4 is 44.6 Å². The third-order valence-electron chi connectivity index (χ3n) is 3.87. The topological polar surface area (TPSA) is 108 Å². The van der Waals surface area contributed by atoms with Gasteiger partial charge in [-0.3, -0.25) is 4.79 Å². The zero-order valence-electron chi connectivity index (χ0n) is 20.5. The van der Waals surface area contributed by atoms with E-state index in [9.17, 15) is 13.2 Å². The zero-order chi connectivity index (χ0) is 25.9. The number of carbonyl (C=O) groups is 1. The molecule has 0 fully saturated rings. The number of nitrogens with one attached hydrogen (secondary N) is 1. The molecule has 1 atom stereocenters. The van der Waals surface area contributed by atoms with Crippen LogP contribution in [-0.4, -0.2) is 26.1 Å². The van der Waals surface area contributed by atoms with E-state index in [0.29, 0.717) is 0 Å². The highest BCUT2D eigenvalue weighted by atomic mass is 35.5. The average molecular weight is 461 g/mol. The van der Waals surface area contributed by atoms with Gasteiger partial charge in [0.2, 0.25) is 6.77 Å². The van der Waals surface area contributed by atoms with Crippen LogP contribution in [0.4, 0.5) is 5.88 Å². The van der Waals surface area contributed by atoms with E-state index >= 15 is 0 Å². The maximum Gasteiger partial charge on any atom is 0.265 e. The molecule has 11 heteroatoms. The second-order valence-electron chi connectivity index (χ2n) is 5.82. The van der Waals surface area contributed by atoms with Gasteiger partial charge in [-0.25, -0.2) is 13.1 Å². The van der Waals surface area contributed by atoms with Gasteiger partial charge in [-0.2, -0.15) is 0 Å². The Kier molecular flexibility index (Phi) is 3.46. The van der Waals surface area contributed by atoms with E-state index in [0.717, 1.165) is 11.3 Å². The first-order chi connectivity index (χ1) is 16.2. The molecule has 1 aromatic carbocycles. The molecule has 0 aliphatic carbocycles. The summed E-state index contributed by atoms with van der Waals surface area (Å²) >= 11 is 6.75. The fourth-order valence-electron chi connectivity index (χ4n) is 2.47. The molecule has 1 unspecified atom stereocenters. The molecule has 0 bridgehead atoms. The molecule has 29 heavy (non-hydrogen) atoms. The molecule has 1 aliphatic rings. The molecule has 1 N–H and O–H groups in total. The Labute approximate surface area is 183 Å². The number of rotatable bonds is 6. The second kappa shape index (κ2) is 7.36. The van der Waals surface area contributed by atoms with Crippen molar-refractivity contribution in [2.45, 2.75) is 25.1 Å². The van der Waals surface area contributed by atoms with Crippen molar-refractivity contribution in [3.05, 3.63) is 50.3 Å². The number of sulfonamides is 1. The lowest BCUT2D eigenvalue weighted by atomic mass is 10.0. The van der Waals surface area contributed by atoms with Crippen LogP contribution in [0.3, 0.4) is 0 Å². The van der Waals surface area contributed by atoms with Gasteiger partial charge in [-0.05, 0) is 48.4 Å². The van der Waals surface area contributed by atoms with Gasteiger partial charge in [-0.1, -0.05) is 16.8 Å². The largest absolute Gasteiger partial charge is 0.454 e. The van der Waals surface area contributed by atoms with Crippen LogP contribution in [0, 0.1) is 13.8 Å². The second-order valence-corrected chi connectivity index (χ2v) is 8.77. The van der Waals surface area contributed by atoms with Gasteiger partial charge in [0.05, 0.1) is 7.62 Å². The Morgan fingerprint density at radius 1 is 1.45 bits per heavy atom. The first-order valence-electron chi connectivity index (χ1n) is 11.0. The molecule has 8 nitrogen and oxygen atoms in total. The number of Topliss-reactive ketones (excluding diaryl/α,β-unsaturated/α-hetero) is 1. The monoisotopic (exact) mass is 460 g/mol. The number of thiophene rings is 1. The molecule has 4 rings (SSSR count). The van der Waals surface area contributed by atoms with Gasteiger partial charge < -0.3 is 14.0 Å². The molecular formula is C18H15ClN2O6S2. The fourth-order valence-corrected chi connectivity index (χ4v) is 5.03. The molecule has 3 heterocycles. The van der Waals surface area contributed by atoms with E-state index in [1.54, 1.807) is 0 Å². The quantitative estimate of drug-likeness (QED) is 0.554. The van der Waals surface area contributed by atoms with E-state index < -0.39 is 58.4 Å². The molecular weight excluding hydrogens is 440 g/mol. The summed E-state index contributed by atoms with van der Waals surface area (Å²) in [6.07, 6.45) is -0.719. The fraction of sp³-hybridized carbons (Fsp3) is 0.222. The lowest BCUT2D eigenvalue weighted by Gasteiger charge is -2.09. The molecule has 3 aromatic rings. The van der Waals surface area contributed by atoms with Gasteiger partial charge in [0, 0.05) is 10.5 Å². The van der Waals surface area contributed by atoms with Crippen LogP contribution in [0.5, 0.6) is 11.5 Å². The Hall–Kier alpha value is -2.56. The highest BCUT2D eigenvalue weighted by molar-refractivity contribution is 7.93. The van der Waals surface area contributed by atoms with E-state index in [1.807, 2.05) is 0 Å². The number of ether oxygens (including phenoxy) is 2. The number of anilines is 1. The summed E-state index contributed by atoms with van der Waals surface area (Å²) in [5.41, 5.74) is -0.722. The molecule has 0 radical (unpaired) electrons. The minimum atomic E-state index is -4.36. The summed E-state index contributed by atoms with van der Waals surface area (Å²) in [7, 11) is -4.36. The third kappa shape index (κ3) is 3.70. The van der Waals surface area contributed by atoms with Crippen molar-refractivity contribution < 1.29 is 35.4 Å². The number of carbonyl (C=O) groups excluding carboxylic acids is 1. The zero-order valence-corrected chi connectivity index (χ0v) is 16.9. The predicted octanol–water partition coefficient (Wildman–Crippen LogP) is 3.96. The van der Waals surface area contributed by atoms with E-state index in [4.69, 9.17) is 33.8 Å². The van der Waals surface area contributed by atoms with Gasteiger partial charge >= 0.3 is 0 Å². The molecule has 2 aromatic heterocycles. The number of ketones is 1. The van der Waals surface area contributed by atoms with Crippen molar-refractivity contribution in [2.24, 2.45) is 0 Å². The smallest absolute Gasteiger partial charge is 0.265 e. The molecule has 152 valence electrons. The average Bonchev–Trinajstić information content (AvgIpc) is 3.46.